The summed E-state index contributed by atoms with van der Waals surface area (Å²) in [4.78, 5) is 12.5. The molecule has 0 aliphatic rings. The van der Waals surface area contributed by atoms with Crippen LogP contribution in [-0.2, 0) is 6.61 Å². The van der Waals surface area contributed by atoms with Crippen LogP contribution in [-0.4, -0.2) is 12.5 Å². The number of hydrogen-bond donors (Lipinski definition) is 1. The number of thiophene rings is 1. The molecule has 1 heterocycles. The van der Waals surface area contributed by atoms with Crippen molar-refractivity contribution in [3.63, 3.8) is 0 Å². The van der Waals surface area contributed by atoms with Crippen molar-refractivity contribution in [1.82, 2.24) is 5.32 Å². The monoisotopic (exact) mass is 309 g/mol. The number of nitrogens with one attached hydrogen (secondary N) is 1. The quantitative estimate of drug-likeness (QED) is 0.871. The van der Waals surface area contributed by atoms with Crippen molar-refractivity contribution in [3.8, 4) is 5.75 Å². The summed E-state index contributed by atoms with van der Waals surface area (Å²) >= 11 is 7.32. The van der Waals surface area contributed by atoms with E-state index in [1.165, 1.54) is 11.3 Å². The Balaban J connectivity index is 1.91. The summed E-state index contributed by atoms with van der Waals surface area (Å²) in [5.41, 5.74) is 0.983. The fraction of sp³-hybridized carbons (Fsp3) is 0.267. The highest BCUT2D eigenvalue weighted by Gasteiger charge is 2.08. The molecule has 2 rings (SSSR count). The lowest BCUT2D eigenvalue weighted by molar-refractivity contribution is 0.0957. The first-order valence-electron chi connectivity index (χ1n) is 6.43. The van der Waals surface area contributed by atoms with Crippen LogP contribution in [0.2, 0.25) is 5.02 Å². The molecule has 1 aromatic carbocycles. The minimum Gasteiger partial charge on any atom is -0.489 e. The van der Waals surface area contributed by atoms with E-state index in [4.69, 9.17) is 16.3 Å². The number of amides is 1. The standard InChI is InChI=1S/C15H16ClNO2S/c1-2-6-17-15(18)14-7-11(10-20-14)9-19-13-5-3-4-12(16)8-13/h3-5,7-8,10H,2,6,9H2,1H3,(H,17,18). The van der Waals surface area contributed by atoms with E-state index in [2.05, 4.69) is 5.32 Å². The molecule has 0 unspecified atom stereocenters. The van der Waals surface area contributed by atoms with E-state index in [0.717, 1.165) is 17.7 Å². The second-order valence-electron chi connectivity index (χ2n) is 4.32. The number of carbonyl (C=O) groups excluding carboxylic acids is 1. The molecule has 0 saturated carbocycles. The van der Waals surface area contributed by atoms with Crippen molar-refractivity contribution in [2.75, 3.05) is 6.54 Å². The third-order valence-electron chi connectivity index (χ3n) is 2.61. The lowest BCUT2D eigenvalue weighted by Crippen LogP contribution is -2.22. The maximum absolute atomic E-state index is 11.8. The van der Waals surface area contributed by atoms with Gasteiger partial charge in [0.25, 0.3) is 5.91 Å². The Kier molecular flexibility index (Phi) is 5.44. The molecule has 0 fully saturated rings. The van der Waals surface area contributed by atoms with Crippen LogP contribution in [0.3, 0.4) is 0 Å². The predicted octanol–water partition coefficient (Wildman–Crippen LogP) is 4.12. The molecule has 0 aliphatic carbocycles. The molecular formula is C15H16ClNO2S. The van der Waals surface area contributed by atoms with Gasteiger partial charge in [-0.2, -0.15) is 0 Å². The van der Waals surface area contributed by atoms with Crippen LogP contribution in [0.15, 0.2) is 35.7 Å². The summed E-state index contributed by atoms with van der Waals surface area (Å²) < 4.78 is 5.64. The maximum atomic E-state index is 11.8. The number of carbonyl (C=O) groups is 1. The first-order chi connectivity index (χ1) is 9.69. The van der Waals surface area contributed by atoms with Gasteiger partial charge in [-0.25, -0.2) is 0 Å². The largest absolute Gasteiger partial charge is 0.489 e. The summed E-state index contributed by atoms with van der Waals surface area (Å²) in [5.74, 6) is 0.701. The fourth-order valence-corrected chi connectivity index (χ4v) is 2.61. The van der Waals surface area contributed by atoms with Gasteiger partial charge in [0.05, 0.1) is 4.88 Å². The summed E-state index contributed by atoms with van der Waals surface area (Å²) in [6.07, 6.45) is 0.932. The normalized spacial score (nSPS) is 10.3. The van der Waals surface area contributed by atoms with Crippen molar-refractivity contribution in [2.45, 2.75) is 20.0 Å². The van der Waals surface area contributed by atoms with E-state index >= 15 is 0 Å². The Labute approximate surface area is 127 Å². The topological polar surface area (TPSA) is 38.3 Å². The highest BCUT2D eigenvalue weighted by atomic mass is 35.5. The number of benzene rings is 1. The molecule has 0 spiro atoms. The van der Waals surface area contributed by atoms with Crippen LogP contribution >= 0.6 is 22.9 Å². The van der Waals surface area contributed by atoms with Crippen molar-refractivity contribution < 1.29 is 9.53 Å². The van der Waals surface area contributed by atoms with Crippen molar-refractivity contribution in [1.29, 1.82) is 0 Å². The molecule has 1 N–H and O–H groups in total. The van der Waals surface area contributed by atoms with E-state index in [1.54, 1.807) is 12.1 Å². The molecule has 0 atom stereocenters. The van der Waals surface area contributed by atoms with Gasteiger partial charge in [-0.1, -0.05) is 24.6 Å². The molecule has 3 nitrogen and oxygen atoms in total. The highest BCUT2D eigenvalue weighted by molar-refractivity contribution is 7.12. The smallest absolute Gasteiger partial charge is 0.261 e. The lowest BCUT2D eigenvalue weighted by Gasteiger charge is -2.04. The number of hydrogen-bond acceptors (Lipinski definition) is 3. The van der Waals surface area contributed by atoms with Gasteiger partial charge in [0.2, 0.25) is 0 Å². The molecule has 1 aromatic heterocycles. The SMILES string of the molecule is CCCNC(=O)c1cc(COc2cccc(Cl)c2)cs1. The van der Waals surface area contributed by atoms with Gasteiger partial charge >= 0.3 is 0 Å². The minimum atomic E-state index is -0.0224. The van der Waals surface area contributed by atoms with Gasteiger partial charge in [-0.15, -0.1) is 11.3 Å². The van der Waals surface area contributed by atoms with Gasteiger partial charge < -0.3 is 10.1 Å². The number of rotatable bonds is 6. The Bertz CT molecular complexity index is 583. The van der Waals surface area contributed by atoms with Gasteiger partial charge in [0.15, 0.2) is 0 Å². The summed E-state index contributed by atoms with van der Waals surface area (Å²) in [6.45, 7) is 3.15. The average molecular weight is 310 g/mol. The molecule has 1 amide bonds. The molecule has 0 bridgehead atoms. The maximum Gasteiger partial charge on any atom is 0.261 e. The van der Waals surface area contributed by atoms with Gasteiger partial charge in [-0.3, -0.25) is 4.79 Å². The third kappa shape index (κ3) is 4.25. The van der Waals surface area contributed by atoms with E-state index < -0.39 is 0 Å². The summed E-state index contributed by atoms with van der Waals surface area (Å²) in [5, 5.41) is 5.44. The molecule has 5 heteroatoms. The summed E-state index contributed by atoms with van der Waals surface area (Å²) in [7, 11) is 0. The average Bonchev–Trinajstić information content (AvgIpc) is 2.91. The van der Waals surface area contributed by atoms with Crippen LogP contribution < -0.4 is 10.1 Å². The molecule has 0 radical (unpaired) electrons. The molecule has 0 saturated heterocycles. The van der Waals surface area contributed by atoms with E-state index in [-0.39, 0.29) is 5.91 Å². The lowest BCUT2D eigenvalue weighted by atomic mass is 10.3. The summed E-state index contributed by atoms with van der Waals surface area (Å²) in [6, 6.07) is 9.13. The van der Waals surface area contributed by atoms with E-state index in [1.807, 2.05) is 30.5 Å². The van der Waals surface area contributed by atoms with E-state index in [0.29, 0.717) is 23.1 Å². The molecule has 20 heavy (non-hydrogen) atoms. The van der Waals surface area contributed by atoms with Crippen LogP contribution in [0, 0.1) is 0 Å². The Morgan fingerprint density at radius 1 is 1.40 bits per heavy atom. The van der Waals surface area contributed by atoms with Gasteiger partial charge in [0, 0.05) is 17.1 Å². The predicted molar refractivity (Wildman–Crippen MR) is 82.7 cm³/mol. The third-order valence-corrected chi connectivity index (χ3v) is 3.83. The van der Waals surface area contributed by atoms with Crippen LogP contribution in [0.1, 0.15) is 28.6 Å². The number of ether oxygens (including phenoxy) is 1. The van der Waals surface area contributed by atoms with Crippen LogP contribution in [0.5, 0.6) is 5.75 Å². The zero-order valence-corrected chi connectivity index (χ0v) is 12.8. The molecule has 106 valence electrons. The molecular weight excluding hydrogens is 294 g/mol. The Morgan fingerprint density at radius 2 is 2.25 bits per heavy atom. The first kappa shape index (κ1) is 14.9. The van der Waals surface area contributed by atoms with Crippen molar-refractivity contribution in [2.24, 2.45) is 0 Å². The zero-order chi connectivity index (χ0) is 14.4. The van der Waals surface area contributed by atoms with Crippen LogP contribution in [0.4, 0.5) is 0 Å². The minimum absolute atomic E-state index is 0.0224. The van der Waals surface area contributed by atoms with Crippen LogP contribution in [0.25, 0.3) is 0 Å². The van der Waals surface area contributed by atoms with Gasteiger partial charge in [-0.05, 0) is 36.1 Å². The highest BCUT2D eigenvalue weighted by Crippen LogP contribution is 2.20. The van der Waals surface area contributed by atoms with E-state index in [9.17, 15) is 4.79 Å². The van der Waals surface area contributed by atoms with Crippen molar-refractivity contribution >= 4 is 28.8 Å². The fourth-order valence-electron chi connectivity index (χ4n) is 1.62. The first-order valence-corrected chi connectivity index (χ1v) is 7.68. The van der Waals surface area contributed by atoms with Gasteiger partial charge in [0.1, 0.15) is 12.4 Å². The Morgan fingerprint density at radius 3 is 3.00 bits per heavy atom. The Hall–Kier alpha value is -1.52. The van der Waals surface area contributed by atoms with Crippen molar-refractivity contribution in [3.05, 3.63) is 51.2 Å². The second kappa shape index (κ2) is 7.31. The molecule has 2 aromatic rings. The second-order valence-corrected chi connectivity index (χ2v) is 5.67. The molecule has 0 aliphatic heterocycles. The number of halogens is 1. The zero-order valence-electron chi connectivity index (χ0n) is 11.2.